The Labute approximate surface area is 208 Å². The SMILES string of the molecule is C=C(NC)[C@H](N[C@@H](CCc1ccc(C(F)(F)F)cc1)c1ccc(OC)c(OC)c1)c1ccc(F)cc1. The predicted molar refractivity (Wildman–Crippen MR) is 133 cm³/mol. The summed E-state index contributed by atoms with van der Waals surface area (Å²) in [6, 6.07) is 16.3. The molecule has 0 spiro atoms. The molecule has 3 aromatic rings. The maximum atomic E-state index is 13.6. The Morgan fingerprint density at radius 3 is 2.06 bits per heavy atom. The van der Waals surface area contributed by atoms with Crippen LogP contribution in [0, 0.1) is 5.82 Å². The molecule has 0 aliphatic carbocycles. The van der Waals surface area contributed by atoms with Crippen LogP contribution in [0.3, 0.4) is 0 Å². The van der Waals surface area contributed by atoms with Crippen molar-refractivity contribution in [2.24, 2.45) is 0 Å². The Hall–Kier alpha value is -3.52. The van der Waals surface area contributed by atoms with Crippen molar-refractivity contribution in [2.75, 3.05) is 21.3 Å². The number of ether oxygens (including phenoxy) is 2. The van der Waals surface area contributed by atoms with Crippen LogP contribution < -0.4 is 20.1 Å². The summed E-state index contributed by atoms with van der Waals surface area (Å²) in [6.45, 7) is 4.11. The fourth-order valence-electron chi connectivity index (χ4n) is 3.99. The van der Waals surface area contributed by atoms with E-state index in [1.165, 1.54) is 24.3 Å². The summed E-state index contributed by atoms with van der Waals surface area (Å²) in [7, 11) is 4.87. The molecule has 0 amide bonds. The van der Waals surface area contributed by atoms with Gasteiger partial charge in [0, 0.05) is 18.8 Å². The molecule has 0 radical (unpaired) electrons. The van der Waals surface area contributed by atoms with Crippen LogP contribution in [0.15, 0.2) is 79.0 Å². The maximum absolute atomic E-state index is 13.6. The molecule has 0 aromatic heterocycles. The lowest BCUT2D eigenvalue weighted by Gasteiger charge is -2.29. The van der Waals surface area contributed by atoms with E-state index in [2.05, 4.69) is 17.2 Å². The van der Waals surface area contributed by atoms with Gasteiger partial charge in [0.2, 0.25) is 0 Å². The third-order valence-corrected chi connectivity index (χ3v) is 6.05. The first-order valence-corrected chi connectivity index (χ1v) is 11.4. The monoisotopic (exact) mass is 502 g/mol. The number of nitrogens with one attached hydrogen (secondary N) is 2. The molecule has 0 aliphatic heterocycles. The summed E-state index contributed by atoms with van der Waals surface area (Å²) in [5, 5.41) is 6.66. The zero-order chi connectivity index (χ0) is 26.3. The van der Waals surface area contributed by atoms with Gasteiger partial charge < -0.3 is 14.8 Å². The summed E-state index contributed by atoms with van der Waals surface area (Å²) >= 11 is 0. The predicted octanol–water partition coefficient (Wildman–Crippen LogP) is 6.60. The van der Waals surface area contributed by atoms with Gasteiger partial charge >= 0.3 is 6.18 Å². The normalized spacial score (nSPS) is 13.1. The van der Waals surface area contributed by atoms with Crippen LogP contribution >= 0.6 is 0 Å². The molecule has 0 heterocycles. The number of aryl methyl sites for hydroxylation is 1. The lowest BCUT2D eigenvalue weighted by Crippen LogP contribution is -2.31. The van der Waals surface area contributed by atoms with E-state index in [0.717, 1.165) is 28.8 Å². The van der Waals surface area contributed by atoms with Gasteiger partial charge in [-0.05, 0) is 65.9 Å². The summed E-state index contributed by atoms with van der Waals surface area (Å²) in [5.74, 6) is 0.797. The largest absolute Gasteiger partial charge is 0.493 e. The second kappa shape index (κ2) is 11.9. The fraction of sp³-hybridized carbons (Fsp3) is 0.286. The molecule has 0 saturated carbocycles. The van der Waals surface area contributed by atoms with Crippen LogP contribution in [0.25, 0.3) is 0 Å². The molecule has 0 saturated heterocycles. The van der Waals surface area contributed by atoms with Crippen LogP contribution in [-0.4, -0.2) is 21.3 Å². The molecule has 8 heteroatoms. The Bertz CT molecular complexity index is 1150. The van der Waals surface area contributed by atoms with Crippen molar-refractivity contribution in [3.8, 4) is 11.5 Å². The second-order valence-electron chi connectivity index (χ2n) is 8.33. The van der Waals surface area contributed by atoms with Crippen molar-refractivity contribution in [3.63, 3.8) is 0 Å². The smallest absolute Gasteiger partial charge is 0.416 e. The lowest BCUT2D eigenvalue weighted by atomic mass is 9.95. The van der Waals surface area contributed by atoms with Gasteiger partial charge in [0.05, 0.1) is 25.8 Å². The van der Waals surface area contributed by atoms with Gasteiger partial charge in [-0.2, -0.15) is 13.2 Å². The molecule has 36 heavy (non-hydrogen) atoms. The third kappa shape index (κ3) is 6.79. The molecule has 4 nitrogen and oxygen atoms in total. The molecular formula is C28H30F4N2O2. The van der Waals surface area contributed by atoms with Gasteiger partial charge in [-0.1, -0.05) is 36.9 Å². The van der Waals surface area contributed by atoms with Crippen molar-refractivity contribution in [2.45, 2.75) is 31.1 Å². The first-order valence-electron chi connectivity index (χ1n) is 11.4. The highest BCUT2D eigenvalue weighted by molar-refractivity contribution is 5.44. The number of methoxy groups -OCH3 is 2. The van der Waals surface area contributed by atoms with Gasteiger partial charge in [-0.3, -0.25) is 5.32 Å². The van der Waals surface area contributed by atoms with E-state index in [0.29, 0.717) is 30.0 Å². The van der Waals surface area contributed by atoms with Crippen LogP contribution in [0.2, 0.25) is 0 Å². The van der Waals surface area contributed by atoms with Crippen molar-refractivity contribution >= 4 is 0 Å². The summed E-state index contributed by atoms with van der Waals surface area (Å²) < 4.78 is 63.3. The minimum absolute atomic E-state index is 0.243. The van der Waals surface area contributed by atoms with Crippen LogP contribution in [-0.2, 0) is 12.6 Å². The number of halogens is 4. The highest BCUT2D eigenvalue weighted by Crippen LogP contribution is 2.34. The average molecular weight is 503 g/mol. The van der Waals surface area contributed by atoms with E-state index in [-0.39, 0.29) is 17.9 Å². The van der Waals surface area contributed by atoms with Crippen LogP contribution in [0.4, 0.5) is 17.6 Å². The molecule has 0 fully saturated rings. The van der Waals surface area contributed by atoms with Gasteiger partial charge in [-0.15, -0.1) is 0 Å². The molecule has 0 aliphatic rings. The van der Waals surface area contributed by atoms with Crippen LogP contribution in [0.1, 0.15) is 40.8 Å². The minimum Gasteiger partial charge on any atom is -0.493 e. The molecule has 0 unspecified atom stereocenters. The first-order chi connectivity index (χ1) is 17.2. The average Bonchev–Trinajstić information content (AvgIpc) is 2.88. The van der Waals surface area contributed by atoms with Crippen molar-refractivity contribution < 1.29 is 27.0 Å². The Morgan fingerprint density at radius 2 is 1.50 bits per heavy atom. The Balaban J connectivity index is 1.93. The Kier molecular flexibility index (Phi) is 8.98. The van der Waals surface area contributed by atoms with Gasteiger partial charge in [0.1, 0.15) is 5.82 Å². The van der Waals surface area contributed by atoms with E-state index in [1.807, 2.05) is 12.1 Å². The molecule has 192 valence electrons. The van der Waals surface area contributed by atoms with Crippen molar-refractivity contribution in [1.29, 1.82) is 0 Å². The van der Waals surface area contributed by atoms with E-state index in [4.69, 9.17) is 9.47 Å². The van der Waals surface area contributed by atoms with Gasteiger partial charge in [0.15, 0.2) is 11.5 Å². The zero-order valence-corrected chi connectivity index (χ0v) is 20.5. The Morgan fingerprint density at radius 1 is 0.889 bits per heavy atom. The summed E-state index contributed by atoms with van der Waals surface area (Å²) in [4.78, 5) is 0. The minimum atomic E-state index is -4.38. The summed E-state index contributed by atoms with van der Waals surface area (Å²) in [5.41, 5.74) is 2.50. The zero-order valence-electron chi connectivity index (χ0n) is 20.5. The molecule has 3 aromatic carbocycles. The topological polar surface area (TPSA) is 42.5 Å². The van der Waals surface area contributed by atoms with Gasteiger partial charge in [0.25, 0.3) is 0 Å². The van der Waals surface area contributed by atoms with E-state index in [1.54, 1.807) is 39.5 Å². The van der Waals surface area contributed by atoms with Crippen molar-refractivity contribution in [3.05, 3.63) is 107 Å². The van der Waals surface area contributed by atoms with E-state index < -0.39 is 11.7 Å². The maximum Gasteiger partial charge on any atom is 0.416 e. The molecule has 2 N–H and O–H groups in total. The first kappa shape index (κ1) is 27.1. The quantitative estimate of drug-likeness (QED) is 0.290. The highest BCUT2D eigenvalue weighted by atomic mass is 19.4. The van der Waals surface area contributed by atoms with E-state index >= 15 is 0 Å². The summed E-state index contributed by atoms with van der Waals surface area (Å²) in [6.07, 6.45) is -3.29. The van der Waals surface area contributed by atoms with E-state index in [9.17, 15) is 17.6 Å². The molecule has 3 rings (SSSR count). The number of alkyl halides is 3. The second-order valence-corrected chi connectivity index (χ2v) is 8.33. The standard InChI is InChI=1S/C28H30F4N2O2/c1-18(33-2)27(20-8-13-23(29)14-9-20)34-24(21-10-16-25(35-3)26(17-21)36-4)15-7-19-5-11-22(12-6-19)28(30,31)32/h5-6,8-14,16-17,24,27,33-34H,1,7,15H2,2-4H3/t24-,27-/m0/s1. The molecule has 2 atom stereocenters. The fourth-order valence-corrected chi connectivity index (χ4v) is 3.99. The van der Waals surface area contributed by atoms with Crippen molar-refractivity contribution in [1.82, 2.24) is 10.6 Å². The number of hydrogen-bond acceptors (Lipinski definition) is 4. The number of hydrogen-bond donors (Lipinski definition) is 2. The third-order valence-electron chi connectivity index (χ3n) is 6.05. The molecule has 0 bridgehead atoms. The lowest BCUT2D eigenvalue weighted by molar-refractivity contribution is -0.137. The highest BCUT2D eigenvalue weighted by Gasteiger charge is 2.30. The number of benzene rings is 3. The van der Waals surface area contributed by atoms with Gasteiger partial charge in [-0.25, -0.2) is 4.39 Å². The van der Waals surface area contributed by atoms with Crippen LogP contribution in [0.5, 0.6) is 11.5 Å². The number of rotatable bonds is 11. The molecular weight excluding hydrogens is 472 g/mol. The number of likely N-dealkylation sites (N-methyl/N-ethyl adjacent to an activating group) is 1.